The minimum atomic E-state index is -1.64. The van der Waals surface area contributed by atoms with Crippen LogP contribution in [-0.2, 0) is 30.6 Å². The van der Waals surface area contributed by atoms with Gasteiger partial charge in [-0.25, -0.2) is 0 Å². The Morgan fingerprint density at radius 2 is 1.60 bits per heavy atom. The van der Waals surface area contributed by atoms with Gasteiger partial charge in [-0.2, -0.15) is 5.57 Å². The van der Waals surface area contributed by atoms with Gasteiger partial charge in [-0.3, -0.25) is 0 Å². The zero-order valence-electron chi connectivity index (χ0n) is 17.4. The Kier molecular flexibility index (Phi) is 13.3. The average molecular weight is 499 g/mol. The van der Waals surface area contributed by atoms with E-state index in [4.69, 9.17) is 4.43 Å². The monoisotopic (exact) mass is 496 g/mol. The van der Waals surface area contributed by atoms with Gasteiger partial charge in [-0.05, 0) is 46.1 Å². The number of nitrogens with one attached hydrogen (secondary N) is 1. The normalized spacial score (nSPS) is 16.6. The summed E-state index contributed by atoms with van der Waals surface area (Å²) < 4.78 is 6.30. The number of rotatable bonds is 5. The Bertz CT molecular complexity index is 496. The van der Waals surface area contributed by atoms with Crippen molar-refractivity contribution in [2.24, 2.45) is 0 Å². The molecule has 2 nitrogen and oxygen atoms in total. The van der Waals surface area contributed by atoms with Gasteiger partial charge in [0.15, 0.2) is 0 Å². The molecule has 25 heavy (non-hydrogen) atoms. The summed E-state index contributed by atoms with van der Waals surface area (Å²) in [4.78, 5) is 0. The quantitative estimate of drug-likeness (QED) is 0.404. The molecule has 0 spiro atoms. The summed E-state index contributed by atoms with van der Waals surface area (Å²) in [5.41, 5.74) is 2.26. The predicted octanol–water partition coefficient (Wildman–Crippen LogP) is -0.600. The smallest absolute Gasteiger partial charge is 1.00 e. The molecular formula is C18H34Cl2NOSi2Zr. The summed E-state index contributed by atoms with van der Waals surface area (Å²) in [7, 11) is -2.97. The maximum atomic E-state index is 6.30. The first-order chi connectivity index (χ1) is 9.75. The van der Waals surface area contributed by atoms with Crippen molar-refractivity contribution in [2.75, 3.05) is 0 Å². The van der Waals surface area contributed by atoms with Crippen LogP contribution in [0, 0.1) is 6.08 Å². The predicted molar refractivity (Wildman–Crippen MR) is 103 cm³/mol. The van der Waals surface area contributed by atoms with Crippen molar-refractivity contribution in [3.63, 3.8) is 0 Å². The number of allylic oxidation sites excluding steroid dienone is 4. The van der Waals surface area contributed by atoms with E-state index in [-0.39, 0.29) is 56.6 Å². The fraction of sp³-hybridized carbons (Fsp3) is 0.667. The molecule has 0 amide bonds. The van der Waals surface area contributed by atoms with E-state index in [0.29, 0.717) is 0 Å². The van der Waals surface area contributed by atoms with Crippen LogP contribution in [0.1, 0.15) is 34.6 Å². The van der Waals surface area contributed by atoms with Crippen LogP contribution >= 0.6 is 0 Å². The molecule has 0 saturated carbocycles. The van der Waals surface area contributed by atoms with Crippen LogP contribution in [-0.4, -0.2) is 21.9 Å². The summed E-state index contributed by atoms with van der Waals surface area (Å²) in [6.45, 7) is 22.6. The molecule has 0 fully saturated rings. The fourth-order valence-electron chi connectivity index (χ4n) is 2.15. The first kappa shape index (κ1) is 30.4. The van der Waals surface area contributed by atoms with Crippen LogP contribution in [0.25, 0.3) is 0 Å². The fourth-order valence-corrected chi connectivity index (χ4v) is 4.36. The van der Waals surface area contributed by atoms with Gasteiger partial charge in [0, 0.05) is 19.4 Å². The first-order valence-electron chi connectivity index (χ1n) is 8.30. The van der Waals surface area contributed by atoms with E-state index in [9.17, 15) is 0 Å². The van der Waals surface area contributed by atoms with E-state index < -0.39 is 16.4 Å². The molecule has 1 rings (SSSR count). The van der Waals surface area contributed by atoms with E-state index in [1.807, 2.05) is 0 Å². The van der Waals surface area contributed by atoms with Crippen molar-refractivity contribution in [1.82, 2.24) is 5.32 Å². The summed E-state index contributed by atoms with van der Waals surface area (Å²) in [6, 6.07) is 1.25. The largest absolute Gasteiger partial charge is 3.00 e. The van der Waals surface area contributed by atoms with Gasteiger partial charge >= 0.3 is 26.2 Å². The topological polar surface area (TPSA) is 21.3 Å². The molecule has 0 aliphatic heterocycles. The zero-order chi connectivity index (χ0) is 17.3. The second-order valence-corrected chi connectivity index (χ2v) is 18.5. The molecule has 1 aliphatic rings. The maximum Gasteiger partial charge on any atom is 3.00 e. The van der Waals surface area contributed by atoms with Crippen molar-refractivity contribution < 1.29 is 55.4 Å². The second-order valence-electron chi connectivity index (χ2n) is 8.87. The molecular weight excluding hydrogens is 465 g/mol. The molecule has 143 valence electrons. The van der Waals surface area contributed by atoms with Gasteiger partial charge in [-0.1, -0.05) is 33.0 Å². The van der Waals surface area contributed by atoms with E-state index in [1.165, 1.54) is 16.8 Å². The van der Waals surface area contributed by atoms with Crippen LogP contribution < -0.4 is 30.1 Å². The Balaban J connectivity index is -0.00000161. The third-order valence-electron chi connectivity index (χ3n) is 4.00. The molecule has 0 heterocycles. The van der Waals surface area contributed by atoms with E-state index in [2.05, 4.69) is 84.8 Å². The van der Waals surface area contributed by atoms with E-state index >= 15 is 0 Å². The van der Waals surface area contributed by atoms with Crippen LogP contribution in [0.3, 0.4) is 0 Å². The summed E-state index contributed by atoms with van der Waals surface area (Å²) in [5, 5.41) is 5.07. The van der Waals surface area contributed by atoms with E-state index in [0.717, 1.165) is 11.5 Å². The van der Waals surface area contributed by atoms with Crippen molar-refractivity contribution >= 4 is 16.4 Å². The van der Waals surface area contributed by atoms with Crippen molar-refractivity contribution in [1.29, 1.82) is 0 Å². The van der Waals surface area contributed by atoms with Crippen molar-refractivity contribution in [2.45, 2.75) is 78.9 Å². The molecule has 1 aliphatic carbocycles. The standard InChI is InChI=1S/C18H34NOSi2.2ClH.Zr/c1-11-22(9,10)14(2)15-12-16(19-18(3,4)5)17(13-15)20-21(6,7)8;;;/h13,19H,11H2,1-10H3;2*1H;/q-1;;;+3/p-2. The Labute approximate surface area is 189 Å². The minimum Gasteiger partial charge on any atom is -1.00 e. The SMILES string of the molecule is CC[Si](C)(C)C(C)=C1[C-]=C(NC(C)(C)C)C(O[Si](C)(C)C)=C1.[Cl-].[Cl-].[Zr+3]. The summed E-state index contributed by atoms with van der Waals surface area (Å²) in [6.07, 6.45) is 5.79. The van der Waals surface area contributed by atoms with Crippen molar-refractivity contribution in [3.05, 3.63) is 34.4 Å². The molecule has 0 aromatic rings. The molecule has 0 unspecified atom stereocenters. The molecule has 0 saturated heterocycles. The van der Waals surface area contributed by atoms with Gasteiger partial charge < -0.3 is 34.6 Å². The van der Waals surface area contributed by atoms with Gasteiger partial charge in [-0.15, -0.1) is 17.3 Å². The number of hydrogen-bond donors (Lipinski definition) is 1. The van der Waals surface area contributed by atoms with Crippen LogP contribution in [0.2, 0.25) is 38.8 Å². The number of halogens is 2. The van der Waals surface area contributed by atoms with E-state index in [1.54, 1.807) is 0 Å². The Morgan fingerprint density at radius 1 is 1.12 bits per heavy atom. The van der Waals surface area contributed by atoms with Crippen molar-refractivity contribution in [3.8, 4) is 0 Å². The Hall–Kier alpha value is 0.717. The molecule has 1 radical (unpaired) electrons. The molecule has 0 bridgehead atoms. The first-order valence-corrected chi connectivity index (χ1v) is 14.9. The summed E-state index contributed by atoms with van der Waals surface area (Å²) >= 11 is 0. The molecule has 0 aromatic carbocycles. The van der Waals surface area contributed by atoms with Gasteiger partial charge in [0.25, 0.3) is 0 Å². The van der Waals surface area contributed by atoms with Crippen LogP contribution in [0.4, 0.5) is 0 Å². The molecule has 0 aromatic heterocycles. The van der Waals surface area contributed by atoms with Gasteiger partial charge in [0.2, 0.25) is 8.32 Å². The molecule has 0 atom stereocenters. The molecule has 1 N–H and O–H groups in total. The number of hydrogen-bond acceptors (Lipinski definition) is 2. The minimum absolute atomic E-state index is 0. The average Bonchev–Trinajstić information content (AvgIpc) is 2.66. The zero-order valence-corrected chi connectivity index (χ0v) is 23.4. The van der Waals surface area contributed by atoms with Gasteiger partial charge in [0.1, 0.15) is 0 Å². The van der Waals surface area contributed by atoms with Crippen LogP contribution in [0.5, 0.6) is 0 Å². The maximum absolute atomic E-state index is 6.30. The third-order valence-corrected chi connectivity index (χ3v) is 8.90. The third kappa shape index (κ3) is 10.00. The summed E-state index contributed by atoms with van der Waals surface area (Å²) in [5.74, 6) is 0.976. The van der Waals surface area contributed by atoms with Crippen LogP contribution in [0.15, 0.2) is 28.3 Å². The Morgan fingerprint density at radius 3 is 1.96 bits per heavy atom. The second kappa shape index (κ2) is 10.9. The van der Waals surface area contributed by atoms with Gasteiger partial charge in [0.05, 0.1) is 0 Å². The molecule has 7 heteroatoms.